The van der Waals surface area contributed by atoms with Gasteiger partial charge in [-0.3, -0.25) is 14.4 Å². The van der Waals surface area contributed by atoms with Crippen molar-refractivity contribution in [3.05, 3.63) is 48.0 Å². The quantitative estimate of drug-likeness (QED) is 0.611. The number of nitrogens with one attached hydrogen (secondary N) is 1. The molecule has 144 valence electrons. The van der Waals surface area contributed by atoms with Gasteiger partial charge in [0, 0.05) is 10.5 Å². The van der Waals surface area contributed by atoms with E-state index in [0.29, 0.717) is 30.3 Å². The topological polar surface area (TPSA) is 90.9 Å². The van der Waals surface area contributed by atoms with Crippen LogP contribution >= 0.6 is 11.8 Å². The van der Waals surface area contributed by atoms with Crippen LogP contribution < -0.4 is 14.8 Å². The first-order valence-electron chi connectivity index (χ1n) is 8.75. The molecule has 0 unspecified atom stereocenters. The fraction of sp³-hybridized carbons (Fsp3) is 0.250. The first kappa shape index (κ1) is 18.4. The van der Waals surface area contributed by atoms with E-state index in [1.54, 1.807) is 24.3 Å². The summed E-state index contributed by atoms with van der Waals surface area (Å²) in [6.45, 7) is 0.493. The summed E-state index contributed by atoms with van der Waals surface area (Å²) in [6.07, 6.45) is -0.112. The van der Waals surface area contributed by atoms with Gasteiger partial charge in [0.1, 0.15) is 13.2 Å². The zero-order chi connectivity index (χ0) is 19.5. The Labute approximate surface area is 165 Å². The molecule has 0 aliphatic carbocycles. The summed E-state index contributed by atoms with van der Waals surface area (Å²) in [5.41, 5.74) is 1.10. The Hall–Kier alpha value is -3.00. The molecule has 0 saturated heterocycles. The van der Waals surface area contributed by atoms with Gasteiger partial charge in [-0.25, -0.2) is 0 Å². The molecule has 2 aliphatic heterocycles. The van der Waals surface area contributed by atoms with E-state index in [2.05, 4.69) is 5.32 Å². The lowest BCUT2D eigenvalue weighted by atomic mass is 10.1. The van der Waals surface area contributed by atoms with Gasteiger partial charge >= 0.3 is 5.97 Å². The predicted octanol–water partition coefficient (Wildman–Crippen LogP) is 2.69. The third kappa shape index (κ3) is 3.96. The molecular weight excluding hydrogens is 382 g/mol. The monoisotopic (exact) mass is 399 g/mol. The van der Waals surface area contributed by atoms with E-state index in [4.69, 9.17) is 14.2 Å². The van der Waals surface area contributed by atoms with Crippen LogP contribution in [0.4, 0.5) is 5.69 Å². The molecule has 0 spiro atoms. The van der Waals surface area contributed by atoms with Gasteiger partial charge < -0.3 is 19.5 Å². The maximum atomic E-state index is 12.3. The van der Waals surface area contributed by atoms with E-state index in [0.717, 1.165) is 10.6 Å². The van der Waals surface area contributed by atoms with Gasteiger partial charge in [0.25, 0.3) is 0 Å². The molecule has 0 fully saturated rings. The lowest BCUT2D eigenvalue weighted by Crippen LogP contribution is -2.31. The van der Waals surface area contributed by atoms with Crippen molar-refractivity contribution < 1.29 is 28.6 Å². The minimum atomic E-state index is -0.599. The third-order valence-electron chi connectivity index (χ3n) is 4.29. The average molecular weight is 399 g/mol. The largest absolute Gasteiger partial charge is 0.486 e. The van der Waals surface area contributed by atoms with Crippen LogP contribution in [-0.4, -0.2) is 42.7 Å². The number of Topliss-reactive ketones (excluding diaryl/α,β-unsaturated/α-hetero) is 1. The van der Waals surface area contributed by atoms with Gasteiger partial charge in [0.15, 0.2) is 23.9 Å². The van der Waals surface area contributed by atoms with Gasteiger partial charge in [-0.2, -0.15) is 0 Å². The fourth-order valence-corrected chi connectivity index (χ4v) is 3.98. The number of para-hydroxylation sites is 1. The fourth-order valence-electron chi connectivity index (χ4n) is 2.88. The van der Waals surface area contributed by atoms with E-state index >= 15 is 0 Å². The summed E-state index contributed by atoms with van der Waals surface area (Å²) in [5.74, 6) is -0.120. The number of carbonyl (C=O) groups excluding carboxylic acids is 3. The van der Waals surface area contributed by atoms with Crippen LogP contribution in [0.2, 0.25) is 0 Å². The zero-order valence-corrected chi connectivity index (χ0v) is 15.6. The molecule has 7 nitrogen and oxygen atoms in total. The van der Waals surface area contributed by atoms with E-state index in [-0.39, 0.29) is 18.1 Å². The lowest BCUT2D eigenvalue weighted by Gasteiger charge is -2.23. The smallest absolute Gasteiger partial charge is 0.307 e. The average Bonchev–Trinajstić information content (AvgIpc) is 2.72. The van der Waals surface area contributed by atoms with Crippen LogP contribution in [0.5, 0.6) is 11.5 Å². The normalized spacial score (nSPS) is 17.3. The molecular formula is C20H17NO6S. The maximum absolute atomic E-state index is 12.3. The number of hydrogen-bond acceptors (Lipinski definition) is 7. The molecule has 0 aromatic heterocycles. The Morgan fingerprint density at radius 3 is 2.75 bits per heavy atom. The standard InChI is InChI=1S/C20H17NO6S/c22-14(12-5-6-15-16(9-12)26-8-7-25-15)11-27-19(23)10-18-20(24)21-13-3-1-2-4-17(13)28-18/h1-6,9,18H,7-8,10-11H2,(H,21,24)/t18-/m1/s1. The van der Waals surface area contributed by atoms with Crippen LogP contribution in [0.25, 0.3) is 0 Å². The number of thioether (sulfide) groups is 1. The number of anilines is 1. The molecule has 2 aliphatic rings. The van der Waals surface area contributed by atoms with Crippen LogP contribution in [0.1, 0.15) is 16.8 Å². The van der Waals surface area contributed by atoms with Crippen molar-refractivity contribution in [2.75, 3.05) is 25.1 Å². The zero-order valence-electron chi connectivity index (χ0n) is 14.8. The number of ketones is 1. The van der Waals surface area contributed by atoms with Crippen molar-refractivity contribution in [1.82, 2.24) is 0 Å². The molecule has 0 bridgehead atoms. The number of benzene rings is 2. The third-order valence-corrected chi connectivity index (χ3v) is 5.56. The summed E-state index contributed by atoms with van der Waals surface area (Å²) in [4.78, 5) is 37.5. The van der Waals surface area contributed by atoms with E-state index in [1.165, 1.54) is 11.8 Å². The van der Waals surface area contributed by atoms with Crippen molar-refractivity contribution in [2.45, 2.75) is 16.6 Å². The summed E-state index contributed by atoms with van der Waals surface area (Å²) < 4.78 is 16.0. The molecule has 1 amide bonds. The summed E-state index contributed by atoms with van der Waals surface area (Å²) in [6, 6.07) is 12.2. The Morgan fingerprint density at radius 1 is 1.11 bits per heavy atom. The second kappa shape index (κ2) is 7.93. The van der Waals surface area contributed by atoms with Crippen LogP contribution in [0, 0.1) is 0 Å². The van der Waals surface area contributed by atoms with Crippen molar-refractivity contribution in [3.63, 3.8) is 0 Å². The number of esters is 1. The summed E-state index contributed by atoms with van der Waals surface area (Å²) >= 11 is 1.31. The van der Waals surface area contributed by atoms with E-state index in [9.17, 15) is 14.4 Å². The first-order valence-corrected chi connectivity index (χ1v) is 9.63. The lowest BCUT2D eigenvalue weighted by molar-refractivity contribution is -0.143. The second-order valence-electron chi connectivity index (χ2n) is 6.24. The molecule has 0 saturated carbocycles. The number of carbonyl (C=O) groups is 3. The summed E-state index contributed by atoms with van der Waals surface area (Å²) in [5, 5.41) is 2.18. The van der Waals surface area contributed by atoms with E-state index < -0.39 is 17.8 Å². The molecule has 28 heavy (non-hydrogen) atoms. The van der Waals surface area contributed by atoms with Gasteiger partial charge in [0.2, 0.25) is 5.91 Å². The van der Waals surface area contributed by atoms with E-state index in [1.807, 2.05) is 18.2 Å². The number of ether oxygens (including phenoxy) is 3. The van der Waals surface area contributed by atoms with Crippen molar-refractivity contribution in [2.24, 2.45) is 0 Å². The highest BCUT2D eigenvalue weighted by Gasteiger charge is 2.29. The van der Waals surface area contributed by atoms with Crippen molar-refractivity contribution >= 4 is 35.1 Å². The Kier molecular flexibility index (Phi) is 5.21. The molecule has 1 N–H and O–H groups in total. The summed E-state index contributed by atoms with van der Waals surface area (Å²) in [7, 11) is 0. The van der Waals surface area contributed by atoms with Crippen LogP contribution in [0.3, 0.4) is 0 Å². The van der Waals surface area contributed by atoms with Crippen molar-refractivity contribution in [3.8, 4) is 11.5 Å². The minimum Gasteiger partial charge on any atom is -0.486 e. The van der Waals surface area contributed by atoms with Crippen LogP contribution in [-0.2, 0) is 14.3 Å². The molecule has 0 radical (unpaired) electrons. The molecule has 1 atom stereocenters. The maximum Gasteiger partial charge on any atom is 0.307 e. The Morgan fingerprint density at radius 2 is 1.89 bits per heavy atom. The highest BCUT2D eigenvalue weighted by atomic mass is 32.2. The van der Waals surface area contributed by atoms with Crippen LogP contribution in [0.15, 0.2) is 47.4 Å². The molecule has 2 aromatic rings. The SMILES string of the molecule is O=C(C[C@H]1Sc2ccccc2NC1=O)OCC(=O)c1ccc2c(c1)OCCO2. The molecule has 2 heterocycles. The highest BCUT2D eigenvalue weighted by molar-refractivity contribution is 8.01. The Balaban J connectivity index is 1.32. The predicted molar refractivity (Wildman–Crippen MR) is 102 cm³/mol. The highest BCUT2D eigenvalue weighted by Crippen LogP contribution is 2.36. The second-order valence-corrected chi connectivity index (χ2v) is 7.48. The van der Waals surface area contributed by atoms with Gasteiger partial charge in [-0.05, 0) is 30.3 Å². The molecule has 4 rings (SSSR count). The van der Waals surface area contributed by atoms with Gasteiger partial charge in [-0.1, -0.05) is 12.1 Å². The molecule has 8 heteroatoms. The minimum absolute atomic E-state index is 0.112. The number of fused-ring (bicyclic) bond motifs is 2. The number of rotatable bonds is 5. The number of hydrogen-bond donors (Lipinski definition) is 1. The first-order chi connectivity index (χ1) is 13.6. The van der Waals surface area contributed by atoms with Gasteiger partial charge in [0.05, 0.1) is 17.4 Å². The van der Waals surface area contributed by atoms with Crippen molar-refractivity contribution in [1.29, 1.82) is 0 Å². The molecule has 2 aromatic carbocycles. The Bertz CT molecular complexity index is 944. The number of amides is 1. The van der Waals surface area contributed by atoms with Gasteiger partial charge in [-0.15, -0.1) is 11.8 Å².